The summed E-state index contributed by atoms with van der Waals surface area (Å²) in [5.74, 6) is -0.414. The number of aliphatic hydroxyl groups excluding tert-OH is 3. The molecule has 0 amide bonds. The second kappa shape index (κ2) is 6.26. The molecule has 20 heavy (non-hydrogen) atoms. The third kappa shape index (κ3) is 4.65. The van der Waals surface area contributed by atoms with E-state index in [4.69, 9.17) is 0 Å². The number of hydrogen-bond donors (Lipinski definition) is 3. The lowest BCUT2D eigenvalue weighted by Gasteiger charge is -2.42. The van der Waals surface area contributed by atoms with E-state index in [1.54, 1.807) is 20.8 Å². The van der Waals surface area contributed by atoms with E-state index in [1.807, 2.05) is 33.9 Å². The summed E-state index contributed by atoms with van der Waals surface area (Å²) in [7, 11) is -2.15. The van der Waals surface area contributed by atoms with Crippen molar-refractivity contribution in [2.24, 2.45) is 5.41 Å². The Labute approximate surface area is 124 Å². The van der Waals surface area contributed by atoms with Crippen molar-refractivity contribution in [2.45, 2.75) is 84.0 Å². The molecule has 0 aliphatic carbocycles. The van der Waals surface area contributed by atoms with Crippen LogP contribution in [0.4, 0.5) is 0 Å². The normalized spacial score (nSPS) is 18.6. The zero-order valence-corrected chi connectivity index (χ0v) is 15.2. The van der Waals surface area contributed by atoms with Gasteiger partial charge in [0.1, 0.15) is 6.10 Å². The fourth-order valence-corrected chi connectivity index (χ4v) is 3.80. The molecular formula is C15H32O4Si. The van der Waals surface area contributed by atoms with Gasteiger partial charge in [-0.2, -0.15) is 0 Å². The average Bonchev–Trinajstić information content (AvgIpc) is 2.23. The number of Topliss-reactive ketones (excluding diaryl/α,β-unsaturated/α-hetero) is 1. The highest BCUT2D eigenvalue weighted by molar-refractivity contribution is 6.81. The van der Waals surface area contributed by atoms with Crippen LogP contribution in [0.2, 0.25) is 18.1 Å². The Morgan fingerprint density at radius 2 is 1.40 bits per heavy atom. The largest absolute Gasteiger partial charge is 0.394 e. The van der Waals surface area contributed by atoms with Crippen molar-refractivity contribution in [1.29, 1.82) is 0 Å². The second-order valence-corrected chi connectivity index (χ2v) is 14.0. The van der Waals surface area contributed by atoms with E-state index in [0.29, 0.717) is 0 Å². The summed E-state index contributed by atoms with van der Waals surface area (Å²) >= 11 is 0. The van der Waals surface area contributed by atoms with E-state index in [2.05, 4.69) is 0 Å². The van der Waals surface area contributed by atoms with E-state index in [-0.39, 0.29) is 11.5 Å². The molecule has 5 heteroatoms. The molecule has 120 valence electrons. The number of ketones is 1. The van der Waals surface area contributed by atoms with Gasteiger partial charge in [-0.25, -0.2) is 0 Å². The number of rotatable bonds is 5. The van der Waals surface area contributed by atoms with Crippen LogP contribution in [0.5, 0.6) is 0 Å². The monoisotopic (exact) mass is 304 g/mol. The maximum absolute atomic E-state index is 12.0. The molecule has 3 N–H and O–H groups in total. The van der Waals surface area contributed by atoms with Crippen LogP contribution in [0.15, 0.2) is 0 Å². The van der Waals surface area contributed by atoms with Crippen LogP contribution in [0.25, 0.3) is 0 Å². The molecule has 0 heterocycles. The third-order valence-electron chi connectivity index (χ3n) is 4.57. The maximum Gasteiger partial charge on any atom is 0.164 e. The number of carbonyl (C=O) groups is 1. The van der Waals surface area contributed by atoms with Crippen LogP contribution in [0, 0.1) is 5.41 Å². The van der Waals surface area contributed by atoms with Crippen LogP contribution in [0.3, 0.4) is 0 Å². The predicted molar refractivity (Wildman–Crippen MR) is 84.3 cm³/mol. The quantitative estimate of drug-likeness (QED) is 0.680. The van der Waals surface area contributed by atoms with Gasteiger partial charge in [0.2, 0.25) is 0 Å². The van der Waals surface area contributed by atoms with Crippen LogP contribution < -0.4 is 0 Å². The minimum atomic E-state index is -2.15. The van der Waals surface area contributed by atoms with Gasteiger partial charge in [-0.1, -0.05) is 54.6 Å². The summed E-state index contributed by atoms with van der Waals surface area (Å²) in [6.45, 7) is 15.4. The van der Waals surface area contributed by atoms with E-state index < -0.39 is 37.2 Å². The fourth-order valence-electron chi connectivity index (χ4n) is 1.84. The zero-order valence-electron chi connectivity index (χ0n) is 14.2. The molecular weight excluding hydrogens is 272 g/mol. The van der Waals surface area contributed by atoms with Gasteiger partial charge in [0.05, 0.1) is 19.9 Å². The van der Waals surface area contributed by atoms with Gasteiger partial charge in [0.25, 0.3) is 0 Å². The first-order valence-electron chi connectivity index (χ1n) is 7.19. The van der Waals surface area contributed by atoms with Crippen molar-refractivity contribution in [3.63, 3.8) is 0 Å². The van der Waals surface area contributed by atoms with Crippen molar-refractivity contribution in [3.8, 4) is 0 Å². The SMILES string of the molecule is CC(C)(C)C(O)C(=O)CC(O)C(O)[Si](C)(C)C(C)(C)C. The van der Waals surface area contributed by atoms with E-state index in [0.717, 1.165) is 0 Å². The lowest BCUT2D eigenvalue weighted by atomic mass is 9.85. The lowest BCUT2D eigenvalue weighted by molar-refractivity contribution is -0.135. The smallest absolute Gasteiger partial charge is 0.164 e. The Morgan fingerprint density at radius 3 is 1.70 bits per heavy atom. The van der Waals surface area contributed by atoms with Gasteiger partial charge in [-0.3, -0.25) is 4.79 Å². The Kier molecular flexibility index (Phi) is 6.19. The molecule has 0 bridgehead atoms. The first-order valence-corrected chi connectivity index (χ1v) is 10.3. The van der Waals surface area contributed by atoms with Gasteiger partial charge < -0.3 is 15.3 Å². The second-order valence-electron chi connectivity index (χ2n) is 8.42. The van der Waals surface area contributed by atoms with Crippen LogP contribution >= 0.6 is 0 Å². The Hall–Kier alpha value is -0.233. The standard InChI is InChI=1S/C15H32O4Si/c1-14(2,3)12(18)10(16)9-11(17)13(19)20(7,8)15(4,5)6/h11-13,17-19H,9H2,1-8H3. The number of carbonyl (C=O) groups excluding carboxylic acids is 1. The molecule has 0 saturated carbocycles. The molecule has 0 saturated heterocycles. The Bertz CT molecular complexity index is 339. The molecule has 0 fully saturated rings. The van der Waals surface area contributed by atoms with Gasteiger partial charge in [-0.05, 0) is 10.5 Å². The maximum atomic E-state index is 12.0. The summed E-state index contributed by atoms with van der Waals surface area (Å²) in [5, 5.41) is 30.4. The molecule has 3 unspecified atom stereocenters. The van der Waals surface area contributed by atoms with E-state index in [9.17, 15) is 20.1 Å². The highest BCUT2D eigenvalue weighted by Gasteiger charge is 2.45. The summed E-state index contributed by atoms with van der Waals surface area (Å²) in [6.07, 6.45) is -2.43. The predicted octanol–water partition coefficient (Wildman–Crippen LogP) is 2.12. The molecule has 0 aromatic rings. The van der Waals surface area contributed by atoms with E-state index in [1.165, 1.54) is 0 Å². The van der Waals surface area contributed by atoms with Gasteiger partial charge >= 0.3 is 0 Å². The third-order valence-corrected chi connectivity index (χ3v) is 10.3. The Morgan fingerprint density at radius 1 is 1.00 bits per heavy atom. The minimum Gasteiger partial charge on any atom is -0.394 e. The number of hydrogen-bond acceptors (Lipinski definition) is 4. The molecule has 0 radical (unpaired) electrons. The number of aliphatic hydroxyl groups is 3. The lowest BCUT2D eigenvalue weighted by Crippen LogP contribution is -2.55. The van der Waals surface area contributed by atoms with Crippen LogP contribution in [-0.4, -0.2) is 47.1 Å². The highest BCUT2D eigenvalue weighted by atomic mass is 28.3. The van der Waals surface area contributed by atoms with Crippen molar-refractivity contribution in [3.05, 3.63) is 0 Å². The molecule has 0 aromatic carbocycles. The summed E-state index contributed by atoms with van der Waals surface area (Å²) < 4.78 is 0. The molecule has 3 atom stereocenters. The highest BCUT2D eigenvalue weighted by Crippen LogP contribution is 2.39. The van der Waals surface area contributed by atoms with Gasteiger partial charge in [0.15, 0.2) is 5.78 Å². The topological polar surface area (TPSA) is 77.8 Å². The molecule has 4 nitrogen and oxygen atoms in total. The van der Waals surface area contributed by atoms with Gasteiger partial charge in [0, 0.05) is 6.42 Å². The summed E-state index contributed by atoms with van der Waals surface area (Å²) in [6, 6.07) is 0. The van der Waals surface area contributed by atoms with E-state index >= 15 is 0 Å². The summed E-state index contributed by atoms with van der Waals surface area (Å²) in [5.41, 5.74) is -1.45. The fraction of sp³-hybridized carbons (Fsp3) is 0.933. The van der Waals surface area contributed by atoms with Crippen molar-refractivity contribution < 1.29 is 20.1 Å². The molecule has 0 aliphatic rings. The summed E-state index contributed by atoms with van der Waals surface area (Å²) in [4.78, 5) is 12.0. The Balaban J connectivity index is 4.87. The molecule has 0 rings (SSSR count). The van der Waals surface area contributed by atoms with Crippen molar-refractivity contribution in [1.82, 2.24) is 0 Å². The molecule has 0 aromatic heterocycles. The average molecular weight is 305 g/mol. The van der Waals surface area contributed by atoms with Gasteiger partial charge in [-0.15, -0.1) is 0 Å². The van der Waals surface area contributed by atoms with Crippen LogP contribution in [-0.2, 0) is 4.79 Å². The molecule has 0 spiro atoms. The van der Waals surface area contributed by atoms with Crippen molar-refractivity contribution >= 4 is 13.9 Å². The first-order chi connectivity index (χ1) is 8.62. The van der Waals surface area contributed by atoms with Crippen molar-refractivity contribution in [2.75, 3.05) is 0 Å². The zero-order chi connectivity index (χ0) is 16.5. The van der Waals surface area contributed by atoms with Crippen LogP contribution in [0.1, 0.15) is 48.0 Å². The first kappa shape index (κ1) is 19.8. The minimum absolute atomic E-state index is 0.0842. The molecule has 0 aliphatic heterocycles.